The molecule has 1 aromatic heterocycles. The summed E-state index contributed by atoms with van der Waals surface area (Å²) in [4.78, 5) is 5.26. The number of hydrogen-bond donors (Lipinski definition) is 0. The zero-order valence-corrected chi connectivity index (χ0v) is 62.5. The molecule has 15 aromatic carbocycles. The van der Waals surface area contributed by atoms with Crippen LogP contribution in [0.4, 0.5) is 34.1 Å². The van der Waals surface area contributed by atoms with Crippen molar-refractivity contribution in [1.82, 2.24) is 4.57 Å². The molecule has 0 N–H and O–H groups in total. The highest BCUT2D eigenvalue weighted by molar-refractivity contribution is 7.20. The Balaban J connectivity index is 0.988. The van der Waals surface area contributed by atoms with E-state index in [0.717, 1.165) is 128 Å². The first-order chi connectivity index (χ1) is 54.6. The molecule has 0 bridgehead atoms. The van der Waals surface area contributed by atoms with Crippen LogP contribution in [0.5, 0.6) is 0 Å². The molecule has 107 heavy (non-hydrogen) atoms. The lowest BCUT2D eigenvalue weighted by molar-refractivity contribution is 0.590. The van der Waals surface area contributed by atoms with E-state index in [1.54, 1.807) is 24.3 Å². The van der Waals surface area contributed by atoms with E-state index in [9.17, 15) is 0 Å². The molecule has 5 heteroatoms. The molecule has 0 radical (unpaired) electrons. The highest BCUT2D eigenvalue weighted by Crippen LogP contribution is 2.55. The third kappa shape index (κ3) is 11.4. The quantitative estimate of drug-likeness (QED) is 0.0794. The Morgan fingerprint density at radius 3 is 1.10 bits per heavy atom. The fourth-order valence-electron chi connectivity index (χ4n) is 17.3. The monoisotopic (exact) mass is 1400 g/mol. The third-order valence-corrected chi connectivity index (χ3v) is 27.4. The van der Waals surface area contributed by atoms with Crippen LogP contribution in [0.15, 0.2) is 346 Å². The van der Waals surface area contributed by atoms with Crippen LogP contribution in [0.2, 0.25) is 0 Å². The molecule has 0 saturated heterocycles. The Bertz CT molecular complexity index is 6010. The van der Waals surface area contributed by atoms with Gasteiger partial charge in [-0.1, -0.05) is 327 Å². The fourth-order valence-corrected chi connectivity index (χ4v) is 22.1. The zero-order valence-electron chi connectivity index (χ0n) is 67.5. The van der Waals surface area contributed by atoms with Gasteiger partial charge in [0.1, 0.15) is 0 Å². The first-order valence-corrected chi connectivity index (χ1v) is 39.6. The Hall–Kier alpha value is -12.0. The predicted molar refractivity (Wildman–Crippen MR) is 462 cm³/mol. The maximum Gasteiger partial charge on any atom is 0.252 e. The number of anilines is 6. The summed E-state index contributed by atoms with van der Waals surface area (Å²) in [6.45, 7) is 11.0. The van der Waals surface area contributed by atoms with Crippen molar-refractivity contribution in [2.75, 3.05) is 9.80 Å². The predicted octanol–water partition coefficient (Wildman–Crippen LogP) is 22.7. The number of hydrogen-bond acceptors (Lipinski definition) is 2. The Labute approximate surface area is 640 Å². The van der Waals surface area contributed by atoms with Crippen LogP contribution in [-0.2, 0) is 5.41 Å². The lowest BCUT2D eigenvalue weighted by atomic mass is 9.33. The maximum absolute atomic E-state index is 8.69. The van der Waals surface area contributed by atoms with E-state index < -0.39 is 27.2 Å². The van der Waals surface area contributed by atoms with Gasteiger partial charge in [0.25, 0.3) is 6.71 Å². The van der Waals surface area contributed by atoms with E-state index in [4.69, 9.17) is 8.22 Å². The van der Waals surface area contributed by atoms with Crippen LogP contribution in [0.1, 0.15) is 96.3 Å². The molecule has 0 unspecified atom stereocenters. The number of benzene rings is 15. The van der Waals surface area contributed by atoms with Crippen LogP contribution in [0.3, 0.4) is 0 Å². The summed E-state index contributed by atoms with van der Waals surface area (Å²) in [5, 5.41) is 6.54. The van der Waals surface area contributed by atoms with Gasteiger partial charge in [0, 0.05) is 69.7 Å². The molecule has 18 rings (SSSR count). The Kier molecular flexibility index (Phi) is 15.1. The number of rotatable bonds is 14. The van der Waals surface area contributed by atoms with Gasteiger partial charge in [-0.3, -0.25) is 0 Å². The van der Waals surface area contributed by atoms with Crippen molar-refractivity contribution in [1.29, 1.82) is 0 Å². The first kappa shape index (κ1) is 60.3. The normalized spacial score (nSPS) is 13.7. The highest BCUT2D eigenvalue weighted by Gasteiger charge is 2.47. The Morgan fingerprint density at radius 1 is 0.327 bits per heavy atom. The average molecular weight is 1400 g/mol. The second-order valence-electron chi connectivity index (χ2n) is 30.7. The fraction of sp³-hybridized carbons (Fsp3) is 0.118. The van der Waals surface area contributed by atoms with Gasteiger partial charge in [0.2, 0.25) is 0 Å². The van der Waals surface area contributed by atoms with Crippen LogP contribution in [-0.4, -0.2) is 19.4 Å². The minimum absolute atomic E-state index is 0.166. The maximum atomic E-state index is 8.69. The topological polar surface area (TPSA) is 11.4 Å². The van der Waals surface area contributed by atoms with Gasteiger partial charge in [-0.2, -0.15) is 0 Å². The smallest absolute Gasteiger partial charge is 0.252 e. The van der Waals surface area contributed by atoms with E-state index in [2.05, 4.69) is 372 Å². The summed E-state index contributed by atoms with van der Waals surface area (Å²) in [6.07, 6.45) is 0. The number of aryl methyl sites for hydroxylation is 2. The molecule has 3 nitrogen and oxygen atoms in total. The Morgan fingerprint density at radius 2 is 0.710 bits per heavy atom. The number of fused-ring (bicyclic) bond motifs is 7. The first-order valence-electron chi connectivity index (χ1n) is 40.6. The molecule has 0 fully saturated rings. The molecule has 2 aliphatic rings. The van der Waals surface area contributed by atoms with Crippen molar-refractivity contribution in [3.63, 3.8) is 0 Å². The van der Waals surface area contributed by atoms with E-state index in [1.807, 2.05) is 12.1 Å². The summed E-state index contributed by atoms with van der Waals surface area (Å²) in [5.74, 6) is 0.369. The average Bonchev–Trinajstić information content (AvgIpc) is 0.965. The summed E-state index contributed by atoms with van der Waals surface area (Å²) >= 11 is 0. The van der Waals surface area contributed by atoms with Crippen molar-refractivity contribution in [3.8, 4) is 61.3 Å². The van der Waals surface area contributed by atoms with Gasteiger partial charge in [0.15, 0.2) is 8.07 Å². The SMILES string of the molecule is [2H]C([2H])([2H])c1ccc2c(c1)c1cc(C([2H])([2H])[2H])ccc1n2-c1ccc2c(c1)N(c1c(-c3ccccc3)cc(C(C)C)cc1-c1ccccc1)c1cc(C(C)(C)C)cc3c1B2c1cc(-c2ccc([Si](c4ccccc4)(c4ccccc4)c4ccccc4)cc2)ccc1N3c1c(-c2ccccc2)cc(C(C)C)cc1-c1ccccc1. The van der Waals surface area contributed by atoms with Gasteiger partial charge < -0.3 is 14.4 Å². The molecule has 3 heterocycles. The van der Waals surface area contributed by atoms with E-state index in [-0.39, 0.29) is 29.7 Å². The molecule has 0 aliphatic carbocycles. The van der Waals surface area contributed by atoms with E-state index in [0.29, 0.717) is 10.8 Å². The lowest BCUT2D eigenvalue weighted by Gasteiger charge is -2.46. The van der Waals surface area contributed by atoms with Crippen LogP contribution >= 0.6 is 0 Å². The van der Waals surface area contributed by atoms with Crippen molar-refractivity contribution >= 4 is 108 Å². The van der Waals surface area contributed by atoms with Gasteiger partial charge in [-0.25, -0.2) is 0 Å². The van der Waals surface area contributed by atoms with Crippen molar-refractivity contribution in [3.05, 3.63) is 374 Å². The van der Waals surface area contributed by atoms with Gasteiger partial charge in [-0.15, -0.1) is 0 Å². The highest BCUT2D eigenvalue weighted by atomic mass is 28.3. The van der Waals surface area contributed by atoms with Crippen LogP contribution in [0.25, 0.3) is 83.1 Å². The van der Waals surface area contributed by atoms with Crippen molar-refractivity contribution < 1.29 is 8.22 Å². The second-order valence-corrected chi connectivity index (χ2v) is 34.5. The third-order valence-electron chi connectivity index (χ3n) is 22.6. The number of nitrogens with zero attached hydrogens (tertiary/aromatic N) is 3. The molecular formula is C102H86BN3Si. The second kappa shape index (κ2) is 26.8. The van der Waals surface area contributed by atoms with E-state index >= 15 is 0 Å². The van der Waals surface area contributed by atoms with Crippen molar-refractivity contribution in [2.45, 2.75) is 79.4 Å². The molecule has 2 aliphatic heterocycles. The number of aromatic nitrogens is 1. The van der Waals surface area contributed by atoms with E-state index in [1.165, 1.54) is 31.9 Å². The summed E-state index contributed by atoms with van der Waals surface area (Å²) in [6, 6.07) is 126. The molecule has 0 amide bonds. The lowest BCUT2D eigenvalue weighted by Crippen LogP contribution is -2.74. The zero-order chi connectivity index (χ0) is 77.8. The summed E-state index contributed by atoms with van der Waals surface area (Å²) in [7, 11) is -2.91. The summed E-state index contributed by atoms with van der Waals surface area (Å²) < 4.78 is 54.4. The molecule has 0 spiro atoms. The molecule has 0 saturated carbocycles. The molecule has 16 aromatic rings. The van der Waals surface area contributed by atoms with Gasteiger partial charge in [0.05, 0.1) is 22.4 Å². The molecule has 516 valence electrons. The minimum Gasteiger partial charge on any atom is -0.310 e. The van der Waals surface area contributed by atoms with Crippen LogP contribution < -0.4 is 46.9 Å². The summed E-state index contributed by atoms with van der Waals surface area (Å²) in [5.41, 5.74) is 26.5. The van der Waals surface area contributed by atoms with Gasteiger partial charge in [-0.05, 0) is 197 Å². The standard InChI is InChI=1S/C102H86BN3Si/c1-67(2)77-59-85(72-31-17-10-18-32-72)100(86(60-77)73-33-19-11-20-34-73)105-95-56-49-76(71-47-51-84(52-48-71)107(81-39-25-14-26-40-81,82-41-27-15-28-42-82)83-43-29-16-30-44-83)63-92(95)103-91-53-50-80(104-93-54-45-69(5)57-89(93)90-58-70(6)46-55-94(90)104)66-96(91)106(98-65-79(102(7,8)9)64-97(105)99(98)103)101-87(74-35-21-12-22-36-74)61-78(68(3)4)62-88(101)75-37-23-13-24-38-75/h10-68H,1-9H3/i5D3,6D3. The largest absolute Gasteiger partial charge is 0.310 e. The van der Waals surface area contributed by atoms with Crippen LogP contribution in [0, 0.1) is 13.7 Å². The molecular weight excluding hydrogens is 1310 g/mol. The minimum atomic E-state index is -2.91. The molecule has 0 atom stereocenters. The van der Waals surface area contributed by atoms with Crippen molar-refractivity contribution in [2.24, 2.45) is 0 Å². The van der Waals surface area contributed by atoms with Gasteiger partial charge >= 0.3 is 0 Å².